The van der Waals surface area contributed by atoms with Crippen molar-refractivity contribution >= 4 is 39.4 Å². The van der Waals surface area contributed by atoms with E-state index in [1.807, 2.05) is 11.3 Å². The topological polar surface area (TPSA) is 99.4 Å². The van der Waals surface area contributed by atoms with Crippen LogP contribution in [0.1, 0.15) is 17.5 Å². The summed E-state index contributed by atoms with van der Waals surface area (Å²) in [6, 6.07) is 17.2. The van der Waals surface area contributed by atoms with E-state index in [1.54, 1.807) is 0 Å². The van der Waals surface area contributed by atoms with Crippen molar-refractivity contribution in [2.75, 3.05) is 19.0 Å². The zero-order chi connectivity index (χ0) is 20.0. The second-order valence-electron chi connectivity index (χ2n) is 5.85. The molecule has 0 spiro atoms. The van der Waals surface area contributed by atoms with Gasteiger partial charge in [0.05, 0.1) is 0 Å². The summed E-state index contributed by atoms with van der Waals surface area (Å²) >= 11 is 1.84. The molecule has 2 aromatic carbocycles. The Kier molecular flexibility index (Phi) is 7.32. The number of aromatic nitrogens is 1. The molecule has 144 valence electrons. The van der Waals surface area contributed by atoms with Crippen LogP contribution in [0.15, 0.2) is 48.5 Å². The third-order valence-electron chi connectivity index (χ3n) is 3.78. The first kappa shape index (κ1) is 21.3. The van der Waals surface area contributed by atoms with Gasteiger partial charge in [0.25, 0.3) is 5.01 Å². The highest BCUT2D eigenvalue weighted by molar-refractivity contribution is 7.18. The number of hydrogen-bond donors (Lipinski definition) is 0. The number of rotatable bonds is 4. The first-order valence-corrected chi connectivity index (χ1v) is 10.2. The number of benzene rings is 2. The lowest BCUT2D eigenvalue weighted by molar-refractivity contribution is -2.00. The lowest BCUT2D eigenvalue weighted by atomic mass is 10.2. The van der Waals surface area contributed by atoms with Crippen molar-refractivity contribution in [3.63, 3.8) is 0 Å². The number of para-hydroxylation sites is 1. The molecule has 0 aliphatic heterocycles. The van der Waals surface area contributed by atoms with Crippen molar-refractivity contribution < 1.29 is 33.4 Å². The third-order valence-corrected chi connectivity index (χ3v) is 4.91. The molecule has 6 nitrogen and oxygen atoms in total. The zero-order valence-electron chi connectivity index (χ0n) is 15.3. The SMILES string of the molecule is CC[n+]1c(/C=C/c2ccc(N(C)C)cc2)sc2ccccc21.[O-][Cl+3]([O-])([O-])[O-]. The molecule has 1 heterocycles. The fourth-order valence-corrected chi connectivity index (χ4v) is 3.68. The molecule has 0 bridgehead atoms. The van der Waals surface area contributed by atoms with E-state index >= 15 is 0 Å². The van der Waals surface area contributed by atoms with Gasteiger partial charge < -0.3 is 4.90 Å². The van der Waals surface area contributed by atoms with E-state index in [2.05, 4.69) is 91.2 Å². The summed E-state index contributed by atoms with van der Waals surface area (Å²) in [6.07, 6.45) is 4.41. The minimum Gasteiger partial charge on any atom is -0.378 e. The fourth-order valence-electron chi connectivity index (χ4n) is 2.55. The summed E-state index contributed by atoms with van der Waals surface area (Å²) in [7, 11) is -0.821. The van der Waals surface area contributed by atoms with Gasteiger partial charge >= 0.3 is 0 Å². The molecular formula is C19H21ClN2O4S. The highest BCUT2D eigenvalue weighted by atomic mass is 35.7. The molecule has 8 heteroatoms. The van der Waals surface area contributed by atoms with Crippen LogP contribution in [-0.4, -0.2) is 14.1 Å². The summed E-state index contributed by atoms with van der Waals surface area (Å²) in [5.74, 6) is 0. The Hall–Kier alpha value is -2.00. The molecular weight excluding hydrogens is 388 g/mol. The maximum atomic E-state index is 8.49. The first-order valence-electron chi connectivity index (χ1n) is 8.17. The van der Waals surface area contributed by atoms with Crippen LogP contribution in [0.25, 0.3) is 22.4 Å². The highest BCUT2D eigenvalue weighted by Crippen LogP contribution is 2.22. The average molecular weight is 409 g/mol. The van der Waals surface area contributed by atoms with E-state index in [-0.39, 0.29) is 0 Å². The Labute approximate surface area is 164 Å². The summed E-state index contributed by atoms with van der Waals surface area (Å²) in [4.78, 5) is 2.12. The molecule has 0 saturated heterocycles. The van der Waals surface area contributed by atoms with Gasteiger partial charge in [0.1, 0.15) is 11.2 Å². The van der Waals surface area contributed by atoms with Gasteiger partial charge in [-0.2, -0.15) is 4.57 Å². The van der Waals surface area contributed by atoms with Crippen molar-refractivity contribution in [1.82, 2.24) is 0 Å². The second-order valence-corrected chi connectivity index (χ2v) is 7.67. The molecule has 3 aromatic rings. The summed E-state index contributed by atoms with van der Waals surface area (Å²) in [6.45, 7) is 3.19. The monoisotopic (exact) mass is 408 g/mol. The molecule has 0 atom stereocenters. The van der Waals surface area contributed by atoms with Crippen LogP contribution in [0.3, 0.4) is 0 Å². The predicted molar refractivity (Wildman–Crippen MR) is 97.4 cm³/mol. The molecule has 0 radical (unpaired) electrons. The average Bonchev–Trinajstić information content (AvgIpc) is 2.96. The van der Waals surface area contributed by atoms with Gasteiger partial charge in [-0.1, -0.05) is 35.6 Å². The molecule has 0 amide bonds. The summed E-state index contributed by atoms with van der Waals surface area (Å²) in [5, 5.41) is 1.29. The molecule has 0 N–H and O–H groups in total. The van der Waals surface area contributed by atoms with Gasteiger partial charge in [0.2, 0.25) is 5.52 Å². The zero-order valence-corrected chi connectivity index (χ0v) is 16.9. The predicted octanol–water partition coefficient (Wildman–Crippen LogP) is -0.311. The van der Waals surface area contributed by atoms with E-state index in [0.29, 0.717) is 0 Å². The Morgan fingerprint density at radius 2 is 1.56 bits per heavy atom. The maximum absolute atomic E-state index is 8.49. The van der Waals surface area contributed by atoms with E-state index in [1.165, 1.54) is 26.5 Å². The Morgan fingerprint density at radius 3 is 2.11 bits per heavy atom. The minimum atomic E-state index is -4.94. The Bertz CT molecular complexity index is 896. The maximum Gasteiger partial charge on any atom is 0.262 e. The lowest BCUT2D eigenvalue weighted by Gasteiger charge is -2.17. The number of fused-ring (bicyclic) bond motifs is 1. The number of nitrogens with zero attached hydrogens (tertiary/aromatic N) is 2. The van der Waals surface area contributed by atoms with Gasteiger partial charge in [-0.05, 0) is 36.8 Å². The van der Waals surface area contributed by atoms with Crippen LogP contribution >= 0.6 is 11.3 Å². The van der Waals surface area contributed by atoms with Crippen molar-refractivity contribution in [2.24, 2.45) is 0 Å². The van der Waals surface area contributed by atoms with E-state index < -0.39 is 10.2 Å². The largest absolute Gasteiger partial charge is 0.378 e. The van der Waals surface area contributed by atoms with E-state index in [4.69, 9.17) is 18.6 Å². The number of halogens is 1. The van der Waals surface area contributed by atoms with Crippen molar-refractivity contribution in [2.45, 2.75) is 13.5 Å². The van der Waals surface area contributed by atoms with Gasteiger partial charge in [0.15, 0.2) is 0 Å². The van der Waals surface area contributed by atoms with Gasteiger partial charge in [-0.25, -0.2) is 18.6 Å². The number of thiazole rings is 1. The molecule has 27 heavy (non-hydrogen) atoms. The highest BCUT2D eigenvalue weighted by Gasteiger charge is 2.15. The minimum absolute atomic E-state index is 0.989. The molecule has 0 fully saturated rings. The normalized spacial score (nSPS) is 11.5. The first-order chi connectivity index (χ1) is 12.7. The second kappa shape index (κ2) is 9.27. The van der Waals surface area contributed by atoms with Crippen molar-refractivity contribution in [3.05, 3.63) is 59.1 Å². The number of hydrogen-bond acceptors (Lipinski definition) is 6. The van der Waals surface area contributed by atoms with Gasteiger partial charge in [-0.3, -0.25) is 0 Å². The van der Waals surface area contributed by atoms with Crippen molar-refractivity contribution in [3.8, 4) is 0 Å². The smallest absolute Gasteiger partial charge is 0.262 e. The molecule has 0 aliphatic carbocycles. The van der Waals surface area contributed by atoms with E-state index in [9.17, 15) is 0 Å². The molecule has 0 saturated carbocycles. The van der Waals surface area contributed by atoms with Crippen LogP contribution in [0.2, 0.25) is 0 Å². The van der Waals surface area contributed by atoms with Crippen LogP contribution in [0, 0.1) is 10.2 Å². The van der Waals surface area contributed by atoms with E-state index in [0.717, 1.165) is 6.54 Å². The molecule has 0 unspecified atom stereocenters. The lowest BCUT2D eigenvalue weighted by Crippen LogP contribution is -2.68. The molecule has 3 rings (SSSR count). The van der Waals surface area contributed by atoms with Gasteiger partial charge in [0, 0.05) is 31.9 Å². The number of aryl methyl sites for hydroxylation is 1. The van der Waals surface area contributed by atoms with Gasteiger partial charge in [-0.15, -0.1) is 10.2 Å². The Balaban J connectivity index is 0.000000465. The Morgan fingerprint density at radius 1 is 0.963 bits per heavy atom. The van der Waals surface area contributed by atoms with Crippen LogP contribution in [0.4, 0.5) is 5.69 Å². The summed E-state index contributed by atoms with van der Waals surface area (Å²) in [5.41, 5.74) is 3.77. The van der Waals surface area contributed by atoms with Crippen LogP contribution < -0.4 is 28.1 Å². The standard InChI is InChI=1S/C19H21N2S.ClHO4/c1-4-21-17-7-5-6-8-18(17)22-19(21)14-11-15-9-12-16(13-10-15)20(2)3;2-1(3,4)5/h5-14H,4H2,1-3H3;(H,2,3,4,5)/q+1;/p-1. The quantitative estimate of drug-likeness (QED) is 0.551. The fraction of sp³-hybridized carbons (Fsp3) is 0.211. The molecule has 0 aliphatic rings. The van der Waals surface area contributed by atoms with Crippen LogP contribution in [0.5, 0.6) is 0 Å². The summed E-state index contributed by atoms with van der Waals surface area (Å²) < 4.78 is 37.7. The number of anilines is 1. The molecule has 1 aromatic heterocycles. The van der Waals surface area contributed by atoms with Crippen LogP contribution in [-0.2, 0) is 6.54 Å². The van der Waals surface area contributed by atoms with Crippen molar-refractivity contribution in [1.29, 1.82) is 0 Å². The third kappa shape index (κ3) is 6.59.